The van der Waals surface area contributed by atoms with Crippen LogP contribution in [0.25, 0.3) is 0 Å². The maximum absolute atomic E-state index is 14.4. The lowest BCUT2D eigenvalue weighted by atomic mass is 9.76. The number of nitrogens with one attached hydrogen (secondary N) is 2. The van der Waals surface area contributed by atoms with Gasteiger partial charge >= 0.3 is 0 Å². The highest BCUT2D eigenvalue weighted by atomic mass is 16.1. The van der Waals surface area contributed by atoms with Gasteiger partial charge in [0.05, 0.1) is 36.1 Å². The van der Waals surface area contributed by atoms with Crippen molar-refractivity contribution in [3.8, 4) is 0 Å². The Balaban J connectivity index is 1.36. The third-order valence-corrected chi connectivity index (χ3v) is 7.42. The number of aromatic amines is 2. The van der Waals surface area contributed by atoms with Gasteiger partial charge in [0.25, 0.3) is 0 Å². The number of imidazole rings is 2. The molecule has 4 aromatic heterocycles. The van der Waals surface area contributed by atoms with Gasteiger partial charge in [0.2, 0.25) is 0 Å². The maximum atomic E-state index is 14.4. The van der Waals surface area contributed by atoms with Gasteiger partial charge in [0.15, 0.2) is 5.78 Å². The molecule has 0 radical (unpaired) electrons. The van der Waals surface area contributed by atoms with Gasteiger partial charge in [-0.05, 0) is 74.6 Å². The van der Waals surface area contributed by atoms with Gasteiger partial charge in [-0.2, -0.15) is 0 Å². The van der Waals surface area contributed by atoms with Gasteiger partial charge in [-0.3, -0.25) is 4.79 Å². The minimum absolute atomic E-state index is 0.197. The molecule has 4 atom stereocenters. The SMILES string of the molecule is O=C(C(C1CCc2nc[nH]c2C1)n1cccc1)C(C1CCc2nc[nH]c2C1)n1cccc1. The summed E-state index contributed by atoms with van der Waals surface area (Å²) in [4.78, 5) is 30.0. The minimum atomic E-state index is -0.197. The van der Waals surface area contributed by atoms with Crippen LogP contribution in [0, 0.1) is 11.8 Å². The topological polar surface area (TPSA) is 84.3 Å². The van der Waals surface area contributed by atoms with Crippen LogP contribution < -0.4 is 0 Å². The first-order valence-electron chi connectivity index (χ1n) is 11.6. The summed E-state index contributed by atoms with van der Waals surface area (Å²) < 4.78 is 4.27. The van der Waals surface area contributed by atoms with Crippen LogP contribution >= 0.6 is 0 Å². The highest BCUT2D eigenvalue weighted by Gasteiger charge is 2.41. The molecule has 6 rings (SSSR count). The largest absolute Gasteiger partial charge is 0.348 e. The highest BCUT2D eigenvalue weighted by Crippen LogP contribution is 2.39. The molecule has 0 saturated heterocycles. The number of aryl methyl sites for hydroxylation is 2. The van der Waals surface area contributed by atoms with Crippen LogP contribution in [0.2, 0.25) is 0 Å². The second-order valence-corrected chi connectivity index (χ2v) is 9.21. The third kappa shape index (κ3) is 3.32. The van der Waals surface area contributed by atoms with Crippen LogP contribution in [0.3, 0.4) is 0 Å². The molecule has 0 aromatic carbocycles. The van der Waals surface area contributed by atoms with Gasteiger partial charge in [0.1, 0.15) is 0 Å². The molecule has 32 heavy (non-hydrogen) atoms. The number of carbonyl (C=O) groups excluding carboxylic acids is 1. The summed E-state index contributed by atoms with van der Waals surface area (Å²) in [6.07, 6.45) is 17.3. The molecule has 0 saturated carbocycles. The number of aromatic nitrogens is 6. The molecule has 7 heteroatoms. The Morgan fingerprint density at radius 1 is 0.781 bits per heavy atom. The van der Waals surface area contributed by atoms with Crippen molar-refractivity contribution in [2.45, 2.75) is 50.6 Å². The minimum Gasteiger partial charge on any atom is -0.348 e. The van der Waals surface area contributed by atoms with E-state index in [1.54, 1.807) is 12.7 Å². The Morgan fingerprint density at radius 3 is 1.66 bits per heavy atom. The fourth-order valence-corrected chi connectivity index (χ4v) is 5.88. The molecule has 4 heterocycles. The first-order chi connectivity index (χ1) is 15.8. The van der Waals surface area contributed by atoms with Crippen LogP contribution in [0.4, 0.5) is 0 Å². The summed E-state index contributed by atoms with van der Waals surface area (Å²) in [7, 11) is 0. The van der Waals surface area contributed by atoms with Crippen molar-refractivity contribution in [1.82, 2.24) is 29.1 Å². The third-order valence-electron chi connectivity index (χ3n) is 7.42. The summed E-state index contributed by atoms with van der Waals surface area (Å²) in [6, 6.07) is 7.69. The molecule has 2 aliphatic carbocycles. The van der Waals surface area contributed by atoms with E-state index in [2.05, 4.69) is 29.1 Å². The van der Waals surface area contributed by atoms with Gasteiger partial charge in [-0.1, -0.05) is 0 Å². The van der Waals surface area contributed by atoms with E-state index in [0.29, 0.717) is 5.78 Å². The van der Waals surface area contributed by atoms with Gasteiger partial charge in [-0.25, -0.2) is 9.97 Å². The number of hydrogen-bond donors (Lipinski definition) is 2. The molecule has 4 aromatic rings. The van der Waals surface area contributed by atoms with E-state index < -0.39 is 0 Å². The molecule has 0 amide bonds. The first kappa shape index (κ1) is 19.3. The Hall–Kier alpha value is -3.35. The molecule has 0 fully saturated rings. The fraction of sp³-hybridized carbons (Fsp3) is 0.400. The van der Waals surface area contributed by atoms with E-state index in [1.165, 1.54) is 11.4 Å². The molecule has 164 valence electrons. The maximum Gasteiger partial charge on any atom is 0.178 e. The average molecular weight is 429 g/mol. The fourth-order valence-electron chi connectivity index (χ4n) is 5.88. The molecule has 0 bridgehead atoms. The van der Waals surface area contributed by atoms with E-state index in [4.69, 9.17) is 0 Å². The molecule has 4 unspecified atom stereocenters. The Bertz CT molecular complexity index is 1090. The van der Waals surface area contributed by atoms with Crippen LogP contribution in [-0.4, -0.2) is 34.9 Å². The summed E-state index contributed by atoms with van der Waals surface area (Å²) >= 11 is 0. The molecule has 7 nitrogen and oxygen atoms in total. The van der Waals surface area contributed by atoms with Gasteiger partial charge < -0.3 is 19.1 Å². The van der Waals surface area contributed by atoms with Gasteiger partial charge in [0, 0.05) is 36.2 Å². The van der Waals surface area contributed by atoms with Crippen LogP contribution in [0.15, 0.2) is 61.7 Å². The normalized spacial score (nSPS) is 22.1. The molecule has 0 spiro atoms. The number of Topliss-reactive ketones (excluding diaryl/α,β-unsaturated/α-hetero) is 1. The number of carbonyl (C=O) groups is 1. The quantitative estimate of drug-likeness (QED) is 0.491. The van der Waals surface area contributed by atoms with Crippen molar-refractivity contribution < 1.29 is 4.79 Å². The lowest BCUT2D eigenvalue weighted by molar-refractivity contribution is -0.129. The number of fused-ring (bicyclic) bond motifs is 2. The molecular formula is C25H28N6O. The van der Waals surface area contributed by atoms with E-state index in [0.717, 1.165) is 49.9 Å². The highest BCUT2D eigenvalue weighted by molar-refractivity contribution is 5.87. The van der Waals surface area contributed by atoms with Crippen molar-refractivity contribution in [1.29, 1.82) is 0 Å². The lowest BCUT2D eigenvalue weighted by Gasteiger charge is -2.36. The standard InChI is InChI=1S/C25H28N6O/c32-25(23(30-9-1-2-10-30)17-5-7-19-21(13-17)28-15-26-19)24(31-11-3-4-12-31)18-6-8-20-22(14-18)29-16-27-20/h1-4,9-12,15-18,23-24H,5-8,13-14H2,(H,26,28)(H,27,29). The Labute approximate surface area is 186 Å². The number of H-pyrrole nitrogens is 2. The zero-order valence-corrected chi connectivity index (χ0v) is 18.0. The van der Waals surface area contributed by atoms with Crippen molar-refractivity contribution in [3.05, 3.63) is 84.5 Å². The van der Waals surface area contributed by atoms with E-state index >= 15 is 0 Å². The van der Waals surface area contributed by atoms with Crippen LogP contribution in [0.1, 0.15) is 47.7 Å². The van der Waals surface area contributed by atoms with E-state index in [9.17, 15) is 4.79 Å². The van der Waals surface area contributed by atoms with Crippen LogP contribution in [0.5, 0.6) is 0 Å². The zero-order chi connectivity index (χ0) is 21.5. The second kappa shape index (κ2) is 7.97. The number of nitrogens with zero attached hydrogens (tertiary/aromatic N) is 4. The lowest BCUT2D eigenvalue weighted by Crippen LogP contribution is -2.39. The van der Waals surface area contributed by atoms with Crippen molar-refractivity contribution in [3.63, 3.8) is 0 Å². The smallest absolute Gasteiger partial charge is 0.178 e. The number of hydrogen-bond acceptors (Lipinski definition) is 3. The monoisotopic (exact) mass is 428 g/mol. The predicted octanol–water partition coefficient (Wildman–Crippen LogP) is 3.70. The number of rotatable bonds is 6. The zero-order valence-electron chi connectivity index (χ0n) is 18.0. The van der Waals surface area contributed by atoms with Gasteiger partial charge in [-0.15, -0.1) is 0 Å². The molecule has 2 N–H and O–H groups in total. The predicted molar refractivity (Wildman–Crippen MR) is 120 cm³/mol. The van der Waals surface area contributed by atoms with E-state index in [-0.39, 0.29) is 23.9 Å². The van der Waals surface area contributed by atoms with E-state index in [1.807, 2.05) is 49.1 Å². The number of ketones is 1. The van der Waals surface area contributed by atoms with Crippen LogP contribution in [-0.2, 0) is 30.5 Å². The first-order valence-corrected chi connectivity index (χ1v) is 11.6. The summed E-state index contributed by atoms with van der Waals surface area (Å²) in [5, 5.41) is 0. The van der Waals surface area contributed by atoms with Crippen molar-refractivity contribution in [2.75, 3.05) is 0 Å². The summed E-state index contributed by atoms with van der Waals surface area (Å²) in [5.41, 5.74) is 4.67. The molecular weight excluding hydrogens is 400 g/mol. The Kier molecular flexibility index (Phi) is 4.82. The summed E-state index contributed by atoms with van der Waals surface area (Å²) in [6.45, 7) is 0. The second-order valence-electron chi connectivity index (χ2n) is 9.21. The molecule has 2 aliphatic rings. The Morgan fingerprint density at radius 2 is 1.22 bits per heavy atom. The van der Waals surface area contributed by atoms with Crippen molar-refractivity contribution >= 4 is 5.78 Å². The molecule has 0 aliphatic heterocycles. The summed E-state index contributed by atoms with van der Waals surface area (Å²) in [5.74, 6) is 0.790. The average Bonchev–Trinajstić information content (AvgIpc) is 3.61. The van der Waals surface area contributed by atoms with Crippen molar-refractivity contribution in [2.24, 2.45) is 11.8 Å².